The quantitative estimate of drug-likeness (QED) is 0.799. The molecular formula is C11H10BrF2N3. The first-order valence-corrected chi connectivity index (χ1v) is 6.07. The molecule has 0 aliphatic carbocycles. The molecule has 2 aromatic rings. The highest BCUT2D eigenvalue weighted by atomic mass is 79.9. The maximum atomic E-state index is 13.7. The second-order valence-corrected chi connectivity index (χ2v) is 4.27. The van der Waals surface area contributed by atoms with Crippen LogP contribution in [-0.4, -0.2) is 14.8 Å². The zero-order valence-electron chi connectivity index (χ0n) is 9.34. The van der Waals surface area contributed by atoms with Crippen LogP contribution < -0.4 is 0 Å². The molecule has 2 rings (SSSR count). The fourth-order valence-electron chi connectivity index (χ4n) is 1.54. The Morgan fingerprint density at radius 3 is 2.53 bits per heavy atom. The van der Waals surface area contributed by atoms with E-state index >= 15 is 0 Å². The third-order valence-electron chi connectivity index (χ3n) is 2.57. The summed E-state index contributed by atoms with van der Waals surface area (Å²) in [5.41, 5.74) is 0.635. The average molecular weight is 302 g/mol. The van der Waals surface area contributed by atoms with Gasteiger partial charge in [0.05, 0.1) is 10.9 Å². The van der Waals surface area contributed by atoms with Crippen molar-refractivity contribution in [2.45, 2.75) is 12.3 Å². The summed E-state index contributed by atoms with van der Waals surface area (Å²) < 4.78 is 28.5. The Hall–Kier alpha value is -1.30. The normalized spacial score (nSPS) is 10.9. The number of alkyl halides is 1. The highest BCUT2D eigenvalue weighted by molar-refractivity contribution is 9.08. The summed E-state index contributed by atoms with van der Waals surface area (Å²) in [5, 5.41) is 8.34. The molecule has 0 saturated heterocycles. The number of halogens is 3. The molecular weight excluding hydrogens is 292 g/mol. The van der Waals surface area contributed by atoms with E-state index < -0.39 is 11.6 Å². The molecule has 1 heterocycles. The Kier molecular flexibility index (Phi) is 3.24. The Bertz CT molecular complexity index is 566. The van der Waals surface area contributed by atoms with Crippen molar-refractivity contribution in [3.63, 3.8) is 0 Å². The van der Waals surface area contributed by atoms with Crippen molar-refractivity contribution in [1.29, 1.82) is 0 Å². The zero-order chi connectivity index (χ0) is 12.6. The summed E-state index contributed by atoms with van der Waals surface area (Å²) in [7, 11) is 1.74. The van der Waals surface area contributed by atoms with Crippen LogP contribution in [0.15, 0.2) is 12.1 Å². The monoisotopic (exact) mass is 301 g/mol. The van der Waals surface area contributed by atoms with Gasteiger partial charge in [-0.15, -0.1) is 10.2 Å². The van der Waals surface area contributed by atoms with Gasteiger partial charge in [-0.05, 0) is 18.6 Å². The smallest absolute Gasteiger partial charge is 0.166 e. The van der Waals surface area contributed by atoms with E-state index in [1.807, 2.05) is 0 Å². The molecule has 17 heavy (non-hydrogen) atoms. The van der Waals surface area contributed by atoms with Crippen LogP contribution in [0.5, 0.6) is 0 Å². The van der Waals surface area contributed by atoms with Crippen LogP contribution in [0.3, 0.4) is 0 Å². The van der Waals surface area contributed by atoms with Crippen molar-refractivity contribution in [3.05, 3.63) is 35.2 Å². The van der Waals surface area contributed by atoms with Crippen molar-refractivity contribution in [3.8, 4) is 11.4 Å². The fraction of sp³-hybridized carbons (Fsp3) is 0.273. The Balaban J connectivity index is 2.60. The summed E-state index contributed by atoms with van der Waals surface area (Å²) in [6, 6.07) is 2.31. The van der Waals surface area contributed by atoms with E-state index in [9.17, 15) is 8.78 Å². The lowest BCUT2D eigenvalue weighted by Crippen LogP contribution is -1.99. The van der Waals surface area contributed by atoms with Crippen LogP contribution in [-0.2, 0) is 12.4 Å². The van der Waals surface area contributed by atoms with Gasteiger partial charge in [-0.1, -0.05) is 15.9 Å². The van der Waals surface area contributed by atoms with Gasteiger partial charge in [-0.25, -0.2) is 8.78 Å². The van der Waals surface area contributed by atoms with Gasteiger partial charge in [0.15, 0.2) is 5.82 Å². The summed E-state index contributed by atoms with van der Waals surface area (Å²) >= 11 is 3.26. The van der Waals surface area contributed by atoms with Crippen LogP contribution in [0, 0.1) is 18.6 Å². The van der Waals surface area contributed by atoms with Crippen molar-refractivity contribution in [1.82, 2.24) is 14.8 Å². The summed E-state index contributed by atoms with van der Waals surface area (Å²) in [6.07, 6.45) is 0. The molecule has 90 valence electrons. The van der Waals surface area contributed by atoms with Gasteiger partial charge in [0, 0.05) is 13.1 Å². The molecule has 3 nitrogen and oxygen atoms in total. The number of nitrogens with zero attached hydrogens (tertiary/aromatic N) is 3. The minimum absolute atomic E-state index is 0.256. The number of benzene rings is 1. The van der Waals surface area contributed by atoms with E-state index in [2.05, 4.69) is 26.1 Å². The molecule has 0 unspecified atom stereocenters. The van der Waals surface area contributed by atoms with E-state index in [0.717, 1.165) is 6.07 Å². The predicted octanol–water partition coefficient (Wildman–Crippen LogP) is 2.96. The van der Waals surface area contributed by atoms with Crippen LogP contribution >= 0.6 is 15.9 Å². The van der Waals surface area contributed by atoms with Crippen molar-refractivity contribution >= 4 is 15.9 Å². The number of aryl methyl sites for hydroxylation is 1. The van der Waals surface area contributed by atoms with Crippen LogP contribution in [0.1, 0.15) is 11.4 Å². The Morgan fingerprint density at radius 2 is 1.94 bits per heavy atom. The Labute approximate surface area is 106 Å². The first-order valence-electron chi connectivity index (χ1n) is 4.95. The zero-order valence-corrected chi connectivity index (χ0v) is 10.9. The molecule has 0 fully saturated rings. The second kappa shape index (κ2) is 4.52. The largest absolute Gasteiger partial charge is 0.313 e. The lowest BCUT2D eigenvalue weighted by atomic mass is 10.1. The lowest BCUT2D eigenvalue weighted by Gasteiger charge is -2.05. The van der Waals surface area contributed by atoms with E-state index in [1.165, 1.54) is 6.07 Å². The van der Waals surface area contributed by atoms with Crippen molar-refractivity contribution < 1.29 is 8.78 Å². The number of hydrogen-bond acceptors (Lipinski definition) is 2. The molecule has 0 aliphatic rings. The molecule has 0 saturated carbocycles. The van der Waals surface area contributed by atoms with E-state index in [4.69, 9.17) is 0 Å². The van der Waals surface area contributed by atoms with Crippen LogP contribution in [0.2, 0.25) is 0 Å². The number of rotatable bonds is 2. The molecule has 1 aromatic heterocycles. The van der Waals surface area contributed by atoms with Crippen LogP contribution in [0.25, 0.3) is 11.4 Å². The lowest BCUT2D eigenvalue weighted by molar-refractivity contribution is 0.578. The summed E-state index contributed by atoms with van der Waals surface area (Å²) in [6.45, 7) is 1.58. The molecule has 0 atom stereocenters. The third kappa shape index (κ3) is 2.09. The van der Waals surface area contributed by atoms with E-state index in [1.54, 1.807) is 18.5 Å². The average Bonchev–Trinajstić information content (AvgIpc) is 2.65. The molecule has 0 N–H and O–H groups in total. The molecule has 0 radical (unpaired) electrons. The number of aromatic nitrogens is 3. The molecule has 0 bridgehead atoms. The maximum Gasteiger partial charge on any atom is 0.166 e. The molecule has 0 amide bonds. The van der Waals surface area contributed by atoms with Gasteiger partial charge in [0.1, 0.15) is 17.5 Å². The van der Waals surface area contributed by atoms with Crippen molar-refractivity contribution in [2.24, 2.45) is 7.05 Å². The van der Waals surface area contributed by atoms with Gasteiger partial charge >= 0.3 is 0 Å². The van der Waals surface area contributed by atoms with Gasteiger partial charge in [0.25, 0.3) is 0 Å². The Morgan fingerprint density at radius 1 is 1.24 bits per heavy atom. The van der Waals surface area contributed by atoms with E-state index in [-0.39, 0.29) is 5.56 Å². The summed E-state index contributed by atoms with van der Waals surface area (Å²) in [4.78, 5) is 0. The maximum absolute atomic E-state index is 13.7. The van der Waals surface area contributed by atoms with Crippen LogP contribution in [0.4, 0.5) is 8.78 Å². The highest BCUT2D eigenvalue weighted by Crippen LogP contribution is 2.24. The standard InChI is InChI=1S/C11H10BrF2N3/c1-6-3-7(9(14)4-8(6)13)11-16-15-10(5-12)17(11)2/h3-4H,5H2,1-2H3. The molecule has 0 spiro atoms. The van der Waals surface area contributed by atoms with Crippen molar-refractivity contribution in [2.75, 3.05) is 0 Å². The first-order chi connectivity index (χ1) is 8.04. The topological polar surface area (TPSA) is 30.7 Å². The van der Waals surface area contributed by atoms with Gasteiger partial charge in [-0.3, -0.25) is 0 Å². The summed E-state index contributed by atoms with van der Waals surface area (Å²) in [5.74, 6) is -0.125. The number of hydrogen-bond donors (Lipinski definition) is 0. The first kappa shape index (κ1) is 12.2. The highest BCUT2D eigenvalue weighted by Gasteiger charge is 2.15. The fourth-order valence-corrected chi connectivity index (χ4v) is 2.03. The third-order valence-corrected chi connectivity index (χ3v) is 3.08. The van der Waals surface area contributed by atoms with Gasteiger partial charge in [0.2, 0.25) is 0 Å². The SMILES string of the molecule is Cc1cc(-c2nnc(CBr)n2C)c(F)cc1F. The second-order valence-electron chi connectivity index (χ2n) is 3.71. The molecule has 0 aliphatic heterocycles. The minimum Gasteiger partial charge on any atom is -0.313 e. The predicted molar refractivity (Wildman–Crippen MR) is 63.7 cm³/mol. The molecule has 1 aromatic carbocycles. The van der Waals surface area contributed by atoms with Gasteiger partial charge < -0.3 is 4.57 Å². The molecule has 6 heteroatoms. The minimum atomic E-state index is -0.635. The van der Waals surface area contributed by atoms with E-state index in [0.29, 0.717) is 22.5 Å². The van der Waals surface area contributed by atoms with Gasteiger partial charge in [-0.2, -0.15) is 0 Å².